The first-order valence-electron chi connectivity index (χ1n) is 4.83. The molecule has 1 fully saturated rings. The second-order valence-electron chi connectivity index (χ2n) is 3.35. The minimum absolute atomic E-state index is 0.00422. The Balaban J connectivity index is 1.94. The molecule has 0 spiro atoms. The van der Waals surface area contributed by atoms with Crippen LogP contribution >= 0.6 is 11.8 Å². The number of rotatable bonds is 3. The molecule has 5 heteroatoms. The van der Waals surface area contributed by atoms with Crippen LogP contribution in [-0.2, 0) is 4.74 Å². The van der Waals surface area contributed by atoms with E-state index in [1.807, 2.05) is 0 Å². The molecule has 4 nitrogen and oxygen atoms in total. The maximum absolute atomic E-state index is 10.6. The van der Waals surface area contributed by atoms with E-state index in [9.17, 15) is 4.79 Å². The van der Waals surface area contributed by atoms with Crippen LogP contribution in [0.25, 0.3) is 0 Å². The zero-order valence-corrected chi connectivity index (χ0v) is 8.96. The van der Waals surface area contributed by atoms with Crippen molar-refractivity contribution in [1.82, 2.24) is 0 Å². The first kappa shape index (κ1) is 10.6. The van der Waals surface area contributed by atoms with Crippen molar-refractivity contribution < 1.29 is 19.1 Å². The molecule has 2 rings (SSSR count). The molecule has 0 atom stereocenters. The highest BCUT2D eigenvalue weighted by atomic mass is 32.2. The van der Waals surface area contributed by atoms with E-state index in [0.29, 0.717) is 10.3 Å². The van der Waals surface area contributed by atoms with Crippen LogP contribution in [0, 0.1) is 0 Å². The quantitative estimate of drug-likeness (QED) is 0.859. The van der Waals surface area contributed by atoms with Gasteiger partial charge in [0.1, 0.15) is 0 Å². The number of carbonyl (C=O) groups is 1. The summed E-state index contributed by atoms with van der Waals surface area (Å²) < 4.78 is 10.4. The van der Waals surface area contributed by atoms with Crippen LogP contribution in [0.3, 0.4) is 0 Å². The summed E-state index contributed by atoms with van der Waals surface area (Å²) in [7, 11) is 0. The summed E-state index contributed by atoms with van der Waals surface area (Å²) in [5.41, 5.74) is 0. The Morgan fingerprint density at radius 1 is 1.40 bits per heavy atom. The van der Waals surface area contributed by atoms with Crippen LogP contribution in [0.15, 0.2) is 21.6 Å². The highest BCUT2D eigenvalue weighted by molar-refractivity contribution is 7.99. The van der Waals surface area contributed by atoms with E-state index in [-0.39, 0.29) is 5.76 Å². The van der Waals surface area contributed by atoms with E-state index in [2.05, 4.69) is 0 Å². The zero-order valence-electron chi connectivity index (χ0n) is 8.14. The summed E-state index contributed by atoms with van der Waals surface area (Å²) in [5, 5.41) is 9.84. The van der Waals surface area contributed by atoms with Gasteiger partial charge in [-0.25, -0.2) is 4.79 Å². The molecule has 0 aromatic carbocycles. The fraction of sp³-hybridized carbons (Fsp3) is 0.500. The van der Waals surface area contributed by atoms with Gasteiger partial charge in [-0.3, -0.25) is 0 Å². The predicted molar refractivity (Wildman–Crippen MR) is 55.4 cm³/mol. The summed E-state index contributed by atoms with van der Waals surface area (Å²) in [6.45, 7) is 1.56. The number of carboxylic acid groups (broad SMARTS) is 1. The minimum atomic E-state index is -1.02. The van der Waals surface area contributed by atoms with E-state index in [1.54, 1.807) is 17.8 Å². The van der Waals surface area contributed by atoms with Gasteiger partial charge in [0, 0.05) is 18.5 Å². The van der Waals surface area contributed by atoms with Crippen LogP contribution in [-0.4, -0.2) is 29.5 Å². The molecular formula is C10H12O4S. The average Bonchev–Trinajstić information content (AvgIpc) is 2.68. The van der Waals surface area contributed by atoms with Gasteiger partial charge in [0.25, 0.3) is 0 Å². The molecule has 1 aromatic heterocycles. The Morgan fingerprint density at radius 3 is 2.73 bits per heavy atom. The fourth-order valence-corrected chi connectivity index (χ4v) is 2.50. The lowest BCUT2D eigenvalue weighted by Gasteiger charge is -2.20. The second kappa shape index (κ2) is 4.72. The first-order valence-corrected chi connectivity index (χ1v) is 5.71. The predicted octanol–water partition coefficient (Wildman–Crippen LogP) is 2.25. The van der Waals surface area contributed by atoms with Gasteiger partial charge in [-0.15, -0.1) is 0 Å². The van der Waals surface area contributed by atoms with Crippen molar-refractivity contribution in [1.29, 1.82) is 0 Å². The van der Waals surface area contributed by atoms with Gasteiger partial charge in [-0.05, 0) is 25.0 Å². The molecule has 1 N–H and O–H groups in total. The van der Waals surface area contributed by atoms with Crippen molar-refractivity contribution in [3.05, 3.63) is 17.9 Å². The molecule has 0 amide bonds. The SMILES string of the molecule is O=C(O)c1ccc(SC2CCOCC2)o1. The summed E-state index contributed by atoms with van der Waals surface area (Å²) in [6.07, 6.45) is 1.99. The summed E-state index contributed by atoms with van der Waals surface area (Å²) in [4.78, 5) is 10.6. The Labute approximate surface area is 91.6 Å². The molecule has 1 aromatic rings. The third-order valence-electron chi connectivity index (χ3n) is 2.24. The average molecular weight is 228 g/mol. The van der Waals surface area contributed by atoms with Crippen molar-refractivity contribution >= 4 is 17.7 Å². The van der Waals surface area contributed by atoms with Crippen LogP contribution in [0.2, 0.25) is 0 Å². The Morgan fingerprint density at radius 2 is 2.13 bits per heavy atom. The van der Waals surface area contributed by atoms with Gasteiger partial charge < -0.3 is 14.3 Å². The topological polar surface area (TPSA) is 59.7 Å². The van der Waals surface area contributed by atoms with Gasteiger partial charge in [0.15, 0.2) is 5.09 Å². The molecule has 1 saturated heterocycles. The Hall–Kier alpha value is -0.940. The normalized spacial score (nSPS) is 17.9. The molecular weight excluding hydrogens is 216 g/mol. The monoisotopic (exact) mass is 228 g/mol. The van der Waals surface area contributed by atoms with Crippen molar-refractivity contribution in [2.24, 2.45) is 0 Å². The highest BCUT2D eigenvalue weighted by Gasteiger charge is 2.17. The van der Waals surface area contributed by atoms with Gasteiger partial charge in [-0.2, -0.15) is 0 Å². The van der Waals surface area contributed by atoms with Crippen LogP contribution < -0.4 is 0 Å². The number of aromatic carboxylic acids is 1. The molecule has 0 unspecified atom stereocenters. The van der Waals surface area contributed by atoms with Crippen LogP contribution in [0.1, 0.15) is 23.4 Å². The second-order valence-corrected chi connectivity index (χ2v) is 4.66. The van der Waals surface area contributed by atoms with E-state index >= 15 is 0 Å². The highest BCUT2D eigenvalue weighted by Crippen LogP contribution is 2.30. The van der Waals surface area contributed by atoms with E-state index < -0.39 is 5.97 Å². The molecule has 0 saturated carbocycles. The van der Waals surface area contributed by atoms with Crippen molar-refractivity contribution in [3.63, 3.8) is 0 Å². The molecule has 15 heavy (non-hydrogen) atoms. The van der Waals surface area contributed by atoms with Crippen molar-refractivity contribution in [2.45, 2.75) is 23.2 Å². The lowest BCUT2D eigenvalue weighted by Crippen LogP contribution is -2.17. The van der Waals surface area contributed by atoms with E-state index in [1.165, 1.54) is 6.07 Å². The molecule has 2 heterocycles. The lowest BCUT2D eigenvalue weighted by molar-refractivity contribution is 0.0656. The molecule has 82 valence electrons. The zero-order chi connectivity index (χ0) is 10.7. The van der Waals surface area contributed by atoms with Crippen molar-refractivity contribution in [3.8, 4) is 0 Å². The largest absolute Gasteiger partial charge is 0.475 e. The third-order valence-corrected chi connectivity index (χ3v) is 3.50. The van der Waals surface area contributed by atoms with Gasteiger partial charge in [-0.1, -0.05) is 11.8 Å². The Kier molecular flexibility index (Phi) is 3.33. The lowest BCUT2D eigenvalue weighted by atomic mass is 10.2. The number of furan rings is 1. The number of ether oxygens (including phenoxy) is 1. The Bertz CT molecular complexity index is 341. The van der Waals surface area contributed by atoms with Gasteiger partial charge in [0.05, 0.1) is 0 Å². The molecule has 0 radical (unpaired) electrons. The van der Waals surface area contributed by atoms with Gasteiger partial charge >= 0.3 is 5.97 Å². The molecule has 1 aliphatic rings. The van der Waals surface area contributed by atoms with Crippen LogP contribution in [0.5, 0.6) is 0 Å². The number of hydrogen-bond acceptors (Lipinski definition) is 4. The smallest absolute Gasteiger partial charge is 0.371 e. The van der Waals surface area contributed by atoms with Gasteiger partial charge in [0.2, 0.25) is 5.76 Å². The third kappa shape index (κ3) is 2.76. The number of thioether (sulfide) groups is 1. The molecule has 0 aliphatic carbocycles. The first-order chi connectivity index (χ1) is 7.25. The molecule has 1 aliphatic heterocycles. The fourth-order valence-electron chi connectivity index (χ4n) is 1.46. The van der Waals surface area contributed by atoms with Crippen molar-refractivity contribution in [2.75, 3.05) is 13.2 Å². The maximum Gasteiger partial charge on any atom is 0.371 e. The standard InChI is InChI=1S/C10H12O4S/c11-10(12)8-1-2-9(14-8)15-7-3-5-13-6-4-7/h1-2,7H,3-6H2,(H,11,12). The molecule has 0 bridgehead atoms. The van der Waals surface area contributed by atoms with E-state index in [0.717, 1.165) is 26.1 Å². The summed E-state index contributed by atoms with van der Waals surface area (Å²) in [5.74, 6) is -1.02. The summed E-state index contributed by atoms with van der Waals surface area (Å²) in [6, 6.07) is 3.20. The van der Waals surface area contributed by atoms with E-state index in [4.69, 9.17) is 14.3 Å². The number of hydrogen-bond donors (Lipinski definition) is 1. The van der Waals surface area contributed by atoms with Crippen LogP contribution in [0.4, 0.5) is 0 Å². The number of carboxylic acids is 1. The maximum atomic E-state index is 10.6. The summed E-state index contributed by atoms with van der Waals surface area (Å²) >= 11 is 1.59. The minimum Gasteiger partial charge on any atom is -0.475 e.